The maximum Gasteiger partial charge on any atom is 0.131 e. The Balaban J connectivity index is 1.69. The van der Waals surface area contributed by atoms with Gasteiger partial charge in [-0.1, -0.05) is 82.3 Å². The summed E-state index contributed by atoms with van der Waals surface area (Å²) >= 11 is 0. The molecule has 3 aromatic carbocycles. The number of hydrogen-bond acceptors (Lipinski definition) is 1. The van der Waals surface area contributed by atoms with Gasteiger partial charge in [0.1, 0.15) is 17.4 Å². The van der Waals surface area contributed by atoms with E-state index in [1.807, 2.05) is 36.4 Å². The molecule has 3 rings (SSSR count). The molecule has 0 fully saturated rings. The van der Waals surface area contributed by atoms with Crippen molar-refractivity contribution in [1.29, 1.82) is 0 Å². The predicted molar refractivity (Wildman–Crippen MR) is 130 cm³/mol. The van der Waals surface area contributed by atoms with Gasteiger partial charge in [-0.25, -0.2) is 8.78 Å². The van der Waals surface area contributed by atoms with E-state index in [0.29, 0.717) is 23.3 Å². The number of ether oxygens (including phenoxy) is 1. The Kier molecular flexibility index (Phi) is 9.27. The molecule has 32 heavy (non-hydrogen) atoms. The molecule has 0 amide bonds. The minimum Gasteiger partial charge on any atom is -0.494 e. The van der Waals surface area contributed by atoms with Crippen molar-refractivity contribution in [3.63, 3.8) is 0 Å². The van der Waals surface area contributed by atoms with Gasteiger partial charge < -0.3 is 4.74 Å². The highest BCUT2D eigenvalue weighted by atomic mass is 19.1. The fourth-order valence-electron chi connectivity index (χ4n) is 3.87. The Bertz CT molecular complexity index is 962. The second-order valence-corrected chi connectivity index (χ2v) is 8.40. The van der Waals surface area contributed by atoms with Gasteiger partial charge in [0, 0.05) is 11.1 Å². The summed E-state index contributed by atoms with van der Waals surface area (Å²) in [6.07, 6.45) is 9.15. The lowest BCUT2D eigenvalue weighted by Crippen LogP contribution is -1.97. The van der Waals surface area contributed by atoms with E-state index < -0.39 is 11.6 Å². The molecule has 0 aromatic heterocycles. The van der Waals surface area contributed by atoms with Gasteiger partial charge in [0.25, 0.3) is 0 Å². The summed E-state index contributed by atoms with van der Waals surface area (Å²) in [5, 5.41) is 0. The van der Waals surface area contributed by atoms with Gasteiger partial charge >= 0.3 is 0 Å². The molecule has 0 atom stereocenters. The zero-order chi connectivity index (χ0) is 22.8. The lowest BCUT2D eigenvalue weighted by Gasteiger charge is -2.11. The Morgan fingerprint density at radius 3 is 1.72 bits per heavy atom. The first-order valence-corrected chi connectivity index (χ1v) is 11.9. The van der Waals surface area contributed by atoms with Crippen LogP contribution in [0.25, 0.3) is 22.3 Å². The van der Waals surface area contributed by atoms with E-state index in [1.54, 1.807) is 12.1 Å². The summed E-state index contributed by atoms with van der Waals surface area (Å²) in [5.74, 6) is -0.0974. The second-order valence-electron chi connectivity index (χ2n) is 8.40. The topological polar surface area (TPSA) is 9.23 Å². The van der Waals surface area contributed by atoms with E-state index in [0.717, 1.165) is 31.4 Å². The quantitative estimate of drug-likeness (QED) is 0.257. The van der Waals surface area contributed by atoms with Crippen molar-refractivity contribution >= 4 is 0 Å². The number of hydrogen-bond donors (Lipinski definition) is 0. The Labute approximate surface area is 191 Å². The summed E-state index contributed by atoms with van der Waals surface area (Å²) in [7, 11) is 0. The van der Waals surface area contributed by atoms with Crippen LogP contribution in [0.4, 0.5) is 8.78 Å². The molecule has 3 aromatic rings. The number of aryl methyl sites for hydroxylation is 1. The number of halogens is 2. The van der Waals surface area contributed by atoms with Crippen LogP contribution >= 0.6 is 0 Å². The van der Waals surface area contributed by atoms with E-state index in [1.165, 1.54) is 43.4 Å². The molecule has 0 N–H and O–H groups in total. The van der Waals surface area contributed by atoms with Crippen LogP contribution in [0.1, 0.15) is 64.4 Å². The highest BCUT2D eigenvalue weighted by Gasteiger charge is 2.13. The van der Waals surface area contributed by atoms with Crippen LogP contribution in [-0.2, 0) is 6.42 Å². The third-order valence-electron chi connectivity index (χ3n) is 5.82. The number of rotatable bonds is 12. The molecule has 1 nitrogen and oxygen atoms in total. The van der Waals surface area contributed by atoms with Crippen LogP contribution in [0, 0.1) is 11.6 Å². The van der Waals surface area contributed by atoms with Crippen LogP contribution in [0.2, 0.25) is 0 Å². The van der Waals surface area contributed by atoms with Gasteiger partial charge in [-0.15, -0.1) is 0 Å². The highest BCUT2D eigenvalue weighted by molar-refractivity contribution is 5.72. The molecule has 0 bridgehead atoms. The summed E-state index contributed by atoms with van der Waals surface area (Å²) in [6, 6.07) is 17.6. The zero-order valence-electron chi connectivity index (χ0n) is 19.3. The van der Waals surface area contributed by atoms with E-state index >= 15 is 0 Å². The Hall–Kier alpha value is -2.68. The normalized spacial score (nSPS) is 11.0. The molecule has 0 heterocycles. The number of unbranched alkanes of at least 4 members (excludes halogenated alkanes) is 5. The van der Waals surface area contributed by atoms with Crippen LogP contribution in [-0.4, -0.2) is 6.61 Å². The fraction of sp³-hybridized carbons (Fsp3) is 0.379. The summed E-state index contributed by atoms with van der Waals surface area (Å²) in [4.78, 5) is 0. The molecule has 0 spiro atoms. The molecular weight excluding hydrogens is 402 g/mol. The van der Waals surface area contributed by atoms with Crippen LogP contribution in [0.5, 0.6) is 5.75 Å². The van der Waals surface area contributed by atoms with Gasteiger partial charge in [-0.3, -0.25) is 0 Å². The standard InChI is InChI=1S/C29H34F2O/c1-3-5-7-9-19-32-25-17-15-24(16-18-25)27-21-28(30)26(20-29(27)31)23-13-11-22(12-14-23)10-8-6-4-2/h11-18,20-21H,3-10,19H2,1-2H3. The van der Waals surface area contributed by atoms with Gasteiger partial charge in [0.05, 0.1) is 6.61 Å². The summed E-state index contributed by atoms with van der Waals surface area (Å²) in [6.45, 7) is 5.04. The first-order chi connectivity index (χ1) is 15.6. The zero-order valence-corrected chi connectivity index (χ0v) is 19.3. The van der Waals surface area contributed by atoms with E-state index in [9.17, 15) is 8.78 Å². The number of benzene rings is 3. The van der Waals surface area contributed by atoms with Crippen molar-refractivity contribution < 1.29 is 13.5 Å². The van der Waals surface area contributed by atoms with Crippen molar-refractivity contribution in [3.05, 3.63) is 77.9 Å². The average molecular weight is 437 g/mol. The van der Waals surface area contributed by atoms with Gasteiger partial charge in [0.15, 0.2) is 0 Å². The Morgan fingerprint density at radius 2 is 1.16 bits per heavy atom. The molecule has 3 heteroatoms. The lowest BCUT2D eigenvalue weighted by atomic mass is 9.97. The molecule has 170 valence electrons. The largest absolute Gasteiger partial charge is 0.494 e. The molecule has 0 aliphatic heterocycles. The maximum absolute atomic E-state index is 14.9. The smallest absolute Gasteiger partial charge is 0.131 e. The molecule has 0 unspecified atom stereocenters. The molecule has 0 radical (unpaired) electrons. The van der Waals surface area contributed by atoms with Crippen LogP contribution < -0.4 is 4.74 Å². The van der Waals surface area contributed by atoms with Gasteiger partial charge in [0.2, 0.25) is 0 Å². The van der Waals surface area contributed by atoms with E-state index in [-0.39, 0.29) is 5.56 Å². The van der Waals surface area contributed by atoms with E-state index in [2.05, 4.69) is 13.8 Å². The molecule has 0 aliphatic carbocycles. The van der Waals surface area contributed by atoms with Crippen molar-refractivity contribution in [3.8, 4) is 28.0 Å². The molecule has 0 saturated carbocycles. The predicted octanol–water partition coefficient (Wildman–Crippen LogP) is 8.99. The van der Waals surface area contributed by atoms with Crippen molar-refractivity contribution in [2.24, 2.45) is 0 Å². The molecular formula is C29H34F2O. The molecule has 0 aliphatic rings. The third-order valence-corrected chi connectivity index (χ3v) is 5.82. The lowest BCUT2D eigenvalue weighted by molar-refractivity contribution is 0.305. The third kappa shape index (κ3) is 6.66. The first kappa shape index (κ1) is 24.0. The SMILES string of the molecule is CCCCCCOc1ccc(-c2cc(F)c(-c3ccc(CCCCC)cc3)cc2F)cc1. The van der Waals surface area contributed by atoms with E-state index in [4.69, 9.17) is 4.74 Å². The highest BCUT2D eigenvalue weighted by Crippen LogP contribution is 2.32. The van der Waals surface area contributed by atoms with Gasteiger partial charge in [-0.05, 0) is 60.2 Å². The summed E-state index contributed by atoms with van der Waals surface area (Å²) < 4.78 is 35.6. The molecule has 0 saturated heterocycles. The fourth-order valence-corrected chi connectivity index (χ4v) is 3.87. The van der Waals surface area contributed by atoms with Crippen molar-refractivity contribution in [1.82, 2.24) is 0 Å². The minimum atomic E-state index is -0.429. The van der Waals surface area contributed by atoms with Crippen LogP contribution in [0.15, 0.2) is 60.7 Å². The minimum absolute atomic E-state index is 0.261. The monoisotopic (exact) mass is 436 g/mol. The maximum atomic E-state index is 14.9. The Morgan fingerprint density at radius 1 is 0.625 bits per heavy atom. The van der Waals surface area contributed by atoms with Crippen molar-refractivity contribution in [2.45, 2.75) is 65.2 Å². The average Bonchev–Trinajstić information content (AvgIpc) is 2.81. The van der Waals surface area contributed by atoms with Gasteiger partial charge in [-0.2, -0.15) is 0 Å². The van der Waals surface area contributed by atoms with Crippen molar-refractivity contribution in [2.75, 3.05) is 6.61 Å². The first-order valence-electron chi connectivity index (χ1n) is 11.9. The summed E-state index contributed by atoms with van der Waals surface area (Å²) in [5.41, 5.74) is 3.11. The second kappa shape index (κ2) is 12.4. The van der Waals surface area contributed by atoms with Crippen LogP contribution in [0.3, 0.4) is 0 Å².